The Balaban J connectivity index is 0.970. The van der Waals surface area contributed by atoms with Crippen molar-refractivity contribution in [3.8, 4) is 0 Å². The number of aliphatic hydroxyl groups excluding tert-OH is 10. The molecular formula is C47H74O19. The van der Waals surface area contributed by atoms with Gasteiger partial charge in [-0.1, -0.05) is 32.4 Å². The third-order valence-electron chi connectivity index (χ3n) is 17.1. The molecule has 19 heteroatoms. The highest BCUT2D eigenvalue weighted by Gasteiger charge is 2.65. The fourth-order valence-electron chi connectivity index (χ4n) is 13.3. The maximum absolute atomic E-state index is 11.8. The average Bonchev–Trinajstić information content (AvgIpc) is 3.77. The molecule has 0 aromatic rings. The van der Waals surface area contributed by atoms with Gasteiger partial charge in [0.2, 0.25) is 0 Å². The molecule has 0 unspecified atom stereocenters. The Bertz CT molecular complexity index is 1780. The first-order valence-electron chi connectivity index (χ1n) is 24.0. The zero-order valence-corrected chi connectivity index (χ0v) is 38.8. The Morgan fingerprint density at radius 2 is 1.52 bits per heavy atom. The summed E-state index contributed by atoms with van der Waals surface area (Å²) in [5.74, 6) is 1.35. The van der Waals surface area contributed by atoms with Gasteiger partial charge in [-0.2, -0.15) is 0 Å². The Kier molecular flexibility index (Phi) is 15.1. The zero-order valence-electron chi connectivity index (χ0n) is 38.8. The fraction of sp³-hybridized carbons (Fsp3) is 0.894. The molecule has 0 bridgehead atoms. The normalized spacial score (nSPS) is 50.6. The number of rotatable bonds is 13. The van der Waals surface area contributed by atoms with E-state index in [0.29, 0.717) is 18.8 Å². The van der Waals surface area contributed by atoms with E-state index in [4.69, 9.17) is 37.9 Å². The molecule has 8 aliphatic rings. The molecule has 0 spiro atoms. The fourth-order valence-corrected chi connectivity index (χ4v) is 13.3. The monoisotopic (exact) mass is 942 g/mol. The van der Waals surface area contributed by atoms with Crippen LogP contribution in [-0.4, -0.2) is 187 Å². The van der Waals surface area contributed by atoms with Crippen molar-refractivity contribution in [3.05, 3.63) is 23.0 Å². The van der Waals surface area contributed by atoms with Gasteiger partial charge in [0.1, 0.15) is 79.9 Å². The van der Waals surface area contributed by atoms with Crippen LogP contribution in [0.5, 0.6) is 0 Å². The van der Waals surface area contributed by atoms with Crippen LogP contribution in [0, 0.1) is 40.4 Å². The van der Waals surface area contributed by atoms with E-state index in [2.05, 4.69) is 26.8 Å². The van der Waals surface area contributed by atoms with Gasteiger partial charge in [0, 0.05) is 31.1 Å². The van der Waals surface area contributed by atoms with Gasteiger partial charge in [-0.25, -0.2) is 0 Å². The minimum Gasteiger partial charge on any atom is -0.494 e. The summed E-state index contributed by atoms with van der Waals surface area (Å²) in [6.07, 6.45) is -14.8. The molecule has 66 heavy (non-hydrogen) atoms. The molecule has 4 aliphatic carbocycles. The summed E-state index contributed by atoms with van der Waals surface area (Å²) in [4.78, 5) is 11.8. The summed E-state index contributed by atoms with van der Waals surface area (Å²) in [6, 6.07) is 0. The largest absolute Gasteiger partial charge is 0.494 e. The highest BCUT2D eigenvalue weighted by Crippen LogP contribution is 2.69. The van der Waals surface area contributed by atoms with E-state index in [-0.39, 0.29) is 48.2 Å². The van der Waals surface area contributed by atoms with Crippen molar-refractivity contribution < 1.29 is 93.8 Å². The molecule has 10 N–H and O–H groups in total. The Labute approximate surface area is 385 Å². The van der Waals surface area contributed by atoms with Crippen molar-refractivity contribution in [1.29, 1.82) is 0 Å². The number of carbonyl (C=O) groups is 1. The van der Waals surface area contributed by atoms with Crippen LogP contribution in [0.15, 0.2) is 23.0 Å². The highest BCUT2D eigenvalue weighted by molar-refractivity contribution is 5.65. The second-order valence-corrected chi connectivity index (χ2v) is 21.1. The van der Waals surface area contributed by atoms with Gasteiger partial charge in [0.25, 0.3) is 0 Å². The summed E-state index contributed by atoms with van der Waals surface area (Å²) in [5.41, 5.74) is 1.70. The molecule has 19 nitrogen and oxygen atoms in total. The molecule has 4 aliphatic heterocycles. The first kappa shape index (κ1) is 50.5. The van der Waals surface area contributed by atoms with Crippen LogP contribution in [-0.2, 0) is 42.7 Å². The number of hydrogen-bond donors (Lipinski definition) is 10. The van der Waals surface area contributed by atoms with Crippen LogP contribution in [0.2, 0.25) is 0 Å². The predicted octanol–water partition coefficient (Wildman–Crippen LogP) is -0.341. The van der Waals surface area contributed by atoms with E-state index in [1.807, 2.05) is 6.92 Å². The molecular weight excluding hydrogens is 868 g/mol. The number of ether oxygens (including phenoxy) is 8. The first-order chi connectivity index (χ1) is 31.2. The van der Waals surface area contributed by atoms with Crippen molar-refractivity contribution >= 4 is 5.97 Å². The standard InChI is InChI=1S/C47H74O19/c1-19(17-60-43-40(57)38(55)35(52)30(16-48)63-43)7-10-28-20(2)33-29(62-28)15-27-25-9-8-23-13-24(50)14-32(47(23,6)26(25)11-12-46(27,33)5)65-45-42(39(56)36(53)31(64-45)18-59-22(4)49)66-44-41(58)37(54)34(51)21(3)61-44/h8,19,21,24-27,29-45,48,50-58H,7,9-18H2,1-6H3/t19-,21+,24-,25-,26+,27+,29+,30-,31-,32-,33+,34+,35-,36-,37-,38+,39+,40-,41-,42-,43-,44+,45+,46+,47+/m1/s1. The number of hydrogen-bond acceptors (Lipinski definition) is 19. The van der Waals surface area contributed by atoms with E-state index in [1.54, 1.807) is 0 Å². The van der Waals surface area contributed by atoms with Crippen molar-refractivity contribution in [3.63, 3.8) is 0 Å². The third kappa shape index (κ3) is 9.05. The highest BCUT2D eigenvalue weighted by atomic mass is 16.8. The second kappa shape index (κ2) is 19.7. The van der Waals surface area contributed by atoms with Crippen molar-refractivity contribution in [1.82, 2.24) is 0 Å². The average molecular weight is 943 g/mol. The number of aliphatic hydroxyl groups is 10. The van der Waals surface area contributed by atoms with Gasteiger partial charge in [-0.05, 0) is 87.0 Å². The SMILES string of the molecule is CC(=O)OC[C@H]1O[C@@H](O[C@@H]2C[C@H](O)CC3=CC[C@H]4[C@@H]5C[C@@H]6OC(CC[C@@H](C)CO[C@@H]7O[C@H](CO)[C@@H](O)[C@H](O)[C@H]7O)=C(C)[C@@H]6[C@@]5(C)CC[C@@H]4[C@]32C)[C@H](O[C@@H]2O[C@@H](C)[C@H](O)[C@@H](O)[C@H]2O)[C@@H](O)[C@@H]1O. The predicted molar refractivity (Wildman–Crippen MR) is 227 cm³/mol. The molecule has 0 amide bonds. The van der Waals surface area contributed by atoms with Gasteiger partial charge in [0.15, 0.2) is 18.9 Å². The minimum absolute atomic E-state index is 0.0168. The molecule has 0 aromatic heterocycles. The topological polar surface area (TPSA) is 293 Å². The van der Waals surface area contributed by atoms with E-state index < -0.39 is 129 Å². The van der Waals surface area contributed by atoms with E-state index in [9.17, 15) is 55.9 Å². The van der Waals surface area contributed by atoms with Crippen molar-refractivity contribution in [2.45, 2.75) is 203 Å². The Hall–Kier alpha value is -1.89. The number of fused-ring (bicyclic) bond motifs is 7. The lowest BCUT2D eigenvalue weighted by molar-refractivity contribution is -0.374. The Morgan fingerprint density at radius 3 is 2.23 bits per heavy atom. The zero-order chi connectivity index (χ0) is 47.7. The lowest BCUT2D eigenvalue weighted by Crippen LogP contribution is -2.65. The number of esters is 1. The third-order valence-corrected chi connectivity index (χ3v) is 17.1. The number of allylic oxidation sites excluding steroid dienone is 2. The van der Waals surface area contributed by atoms with Gasteiger partial charge in [-0.15, -0.1) is 0 Å². The molecule has 0 aromatic carbocycles. The lowest BCUT2D eigenvalue weighted by Gasteiger charge is -2.60. The van der Waals surface area contributed by atoms with Crippen molar-refractivity contribution in [2.75, 3.05) is 19.8 Å². The quantitative estimate of drug-likeness (QED) is 0.0835. The van der Waals surface area contributed by atoms with Crippen molar-refractivity contribution in [2.24, 2.45) is 40.4 Å². The van der Waals surface area contributed by atoms with E-state index >= 15 is 0 Å². The van der Waals surface area contributed by atoms with Crippen LogP contribution < -0.4 is 0 Å². The smallest absolute Gasteiger partial charge is 0.302 e. The summed E-state index contributed by atoms with van der Waals surface area (Å²) in [7, 11) is 0. The molecule has 0 radical (unpaired) electrons. The molecule has 25 atom stereocenters. The van der Waals surface area contributed by atoms with Crippen LogP contribution in [0.4, 0.5) is 0 Å². The minimum atomic E-state index is -1.72. The van der Waals surface area contributed by atoms with Crippen LogP contribution in [0.1, 0.15) is 92.9 Å². The summed E-state index contributed by atoms with van der Waals surface area (Å²) in [5, 5.41) is 106. The molecule has 6 fully saturated rings. The molecule has 3 saturated heterocycles. The van der Waals surface area contributed by atoms with Gasteiger partial charge in [-0.3, -0.25) is 4.79 Å². The number of carbonyl (C=O) groups excluding carboxylic acids is 1. The molecule has 8 rings (SSSR count). The van der Waals surface area contributed by atoms with Gasteiger partial charge >= 0.3 is 5.97 Å². The molecule has 4 heterocycles. The maximum atomic E-state index is 11.8. The Morgan fingerprint density at radius 1 is 0.833 bits per heavy atom. The summed E-state index contributed by atoms with van der Waals surface area (Å²) >= 11 is 0. The first-order valence-corrected chi connectivity index (χ1v) is 24.0. The van der Waals surface area contributed by atoms with E-state index in [0.717, 1.165) is 43.4 Å². The molecule has 376 valence electrons. The second-order valence-electron chi connectivity index (χ2n) is 21.1. The maximum Gasteiger partial charge on any atom is 0.302 e. The van der Waals surface area contributed by atoms with Gasteiger partial charge < -0.3 is 89.0 Å². The lowest BCUT2D eigenvalue weighted by atomic mass is 9.46. The van der Waals surface area contributed by atoms with Crippen LogP contribution in [0.3, 0.4) is 0 Å². The summed E-state index contributed by atoms with van der Waals surface area (Å²) < 4.78 is 48.4. The van der Waals surface area contributed by atoms with E-state index in [1.165, 1.54) is 19.4 Å². The van der Waals surface area contributed by atoms with Gasteiger partial charge in [0.05, 0.1) is 37.3 Å². The summed E-state index contributed by atoms with van der Waals surface area (Å²) in [6.45, 7) is 10.8. The van der Waals surface area contributed by atoms with Crippen LogP contribution in [0.25, 0.3) is 0 Å². The molecule has 3 saturated carbocycles. The van der Waals surface area contributed by atoms with Crippen LogP contribution >= 0.6 is 0 Å².